The van der Waals surface area contributed by atoms with Crippen molar-refractivity contribution in [3.05, 3.63) is 69.5 Å². The van der Waals surface area contributed by atoms with Crippen molar-refractivity contribution < 1.29 is 44.0 Å². The van der Waals surface area contributed by atoms with Gasteiger partial charge < -0.3 is 1.43 Å². The Kier molecular flexibility index (Phi) is 7.54. The number of aryl methyl sites for hydroxylation is 1. The zero-order valence-corrected chi connectivity index (χ0v) is 18.8. The maximum absolute atomic E-state index is 11.1. The summed E-state index contributed by atoms with van der Waals surface area (Å²) in [6.07, 6.45) is 1.56. The number of hydrogen-bond donors (Lipinski definition) is 1. The summed E-state index contributed by atoms with van der Waals surface area (Å²) in [4.78, 5) is 1.12. The van der Waals surface area contributed by atoms with Crippen LogP contribution < -0.4 is 29.6 Å². The van der Waals surface area contributed by atoms with E-state index in [1.807, 2.05) is 18.2 Å². The van der Waals surface area contributed by atoms with Gasteiger partial charge in [-0.2, -0.15) is 8.42 Å². The molecule has 0 amide bonds. The van der Waals surface area contributed by atoms with Crippen molar-refractivity contribution in [1.82, 2.24) is 0 Å². The van der Waals surface area contributed by atoms with Crippen molar-refractivity contribution >= 4 is 43.0 Å². The zero-order chi connectivity index (χ0) is 17.2. The van der Waals surface area contributed by atoms with E-state index in [9.17, 15) is 8.42 Å². The first-order valence-electron chi connectivity index (χ1n) is 7.19. The molecule has 0 atom stereocenters. The summed E-state index contributed by atoms with van der Waals surface area (Å²) in [5.41, 5.74) is 3.35. The van der Waals surface area contributed by atoms with Crippen molar-refractivity contribution in [2.24, 2.45) is 0 Å². The summed E-state index contributed by atoms with van der Waals surface area (Å²) < 4.78 is 32.1. The monoisotopic (exact) mass is 418 g/mol. The molecule has 0 aliphatic heterocycles. The van der Waals surface area contributed by atoms with E-state index in [-0.39, 0.29) is 35.9 Å². The van der Waals surface area contributed by atoms with Crippen molar-refractivity contribution in [2.45, 2.75) is 17.7 Å². The van der Waals surface area contributed by atoms with Gasteiger partial charge in [-0.05, 0) is 36.1 Å². The Hall–Kier alpha value is -0.380. The quantitative estimate of drug-likeness (QED) is 0.299. The minimum atomic E-state index is -4.14. The molecule has 0 saturated carbocycles. The van der Waals surface area contributed by atoms with Gasteiger partial charge in [-0.1, -0.05) is 75.4 Å². The molecule has 2 aromatic carbocycles. The van der Waals surface area contributed by atoms with Gasteiger partial charge in [0.2, 0.25) is 0 Å². The topological polar surface area (TPSA) is 54.4 Å². The molecule has 1 heterocycles. The molecule has 0 aliphatic carbocycles. The largest absolute Gasteiger partial charge is 1.00 e. The second kappa shape index (κ2) is 9.01. The fraction of sp³-hybridized carbons (Fsp3) is 0.118. The van der Waals surface area contributed by atoms with Crippen LogP contribution in [0.4, 0.5) is 0 Å². The number of rotatable bonds is 5. The van der Waals surface area contributed by atoms with Gasteiger partial charge in [0.1, 0.15) is 3.82 Å². The average molecular weight is 419 g/mol. The van der Waals surface area contributed by atoms with Gasteiger partial charge in [-0.25, -0.2) is 0 Å². The van der Waals surface area contributed by atoms with E-state index in [0.29, 0.717) is 0 Å². The molecule has 1 N–H and O–H groups in total. The van der Waals surface area contributed by atoms with Gasteiger partial charge >= 0.3 is 29.6 Å². The van der Waals surface area contributed by atoms with Crippen LogP contribution in [-0.4, -0.2) is 13.0 Å². The summed E-state index contributed by atoms with van der Waals surface area (Å²) in [6.45, 7) is 0. The standard InChI is InChI=1S/C17H14O3S4.Na.H/c18-24(19,20)14-9-6-12(7-10-14)8-11-15-16(22-23-17(15)21)13-4-2-1-3-5-13;;/h1-7,9-10H,8,11H2,(H,18,19,20);;/q;+1;-1. The molecule has 0 spiro atoms. The molecule has 0 radical (unpaired) electrons. The maximum Gasteiger partial charge on any atom is 1.00 e. The summed E-state index contributed by atoms with van der Waals surface area (Å²) in [6, 6.07) is 16.5. The van der Waals surface area contributed by atoms with Gasteiger partial charge in [0.15, 0.2) is 0 Å². The molecule has 1 aromatic heterocycles. The van der Waals surface area contributed by atoms with Crippen LogP contribution in [0.2, 0.25) is 0 Å². The third-order valence-electron chi connectivity index (χ3n) is 3.64. The molecule has 0 aliphatic rings. The van der Waals surface area contributed by atoms with E-state index in [4.69, 9.17) is 16.8 Å². The third-order valence-corrected chi connectivity index (χ3v) is 7.70. The molecule has 8 heteroatoms. The first-order chi connectivity index (χ1) is 11.4. The van der Waals surface area contributed by atoms with Crippen LogP contribution in [-0.2, 0) is 23.0 Å². The maximum atomic E-state index is 11.1. The van der Waals surface area contributed by atoms with Crippen LogP contribution in [0, 0.1) is 3.82 Å². The van der Waals surface area contributed by atoms with Gasteiger partial charge in [0.25, 0.3) is 10.1 Å². The van der Waals surface area contributed by atoms with E-state index in [1.165, 1.54) is 28.1 Å². The Bertz CT molecular complexity index is 996. The van der Waals surface area contributed by atoms with Crippen LogP contribution in [0.25, 0.3) is 10.4 Å². The van der Waals surface area contributed by atoms with Gasteiger partial charge in [-0.3, -0.25) is 4.55 Å². The molecular weight excluding hydrogens is 403 g/mol. The molecule has 0 saturated heterocycles. The minimum Gasteiger partial charge on any atom is -1.00 e. The van der Waals surface area contributed by atoms with Gasteiger partial charge in [-0.15, -0.1) is 0 Å². The van der Waals surface area contributed by atoms with E-state index < -0.39 is 10.1 Å². The summed E-state index contributed by atoms with van der Waals surface area (Å²) in [5.74, 6) is 0. The summed E-state index contributed by atoms with van der Waals surface area (Å²) in [5, 5.41) is 0. The van der Waals surface area contributed by atoms with E-state index in [2.05, 4.69) is 12.1 Å². The molecule has 3 rings (SSSR count). The van der Waals surface area contributed by atoms with Crippen LogP contribution in [0.15, 0.2) is 59.5 Å². The van der Waals surface area contributed by atoms with Crippen molar-refractivity contribution in [2.75, 3.05) is 0 Å². The second-order valence-electron chi connectivity index (χ2n) is 5.25. The number of benzene rings is 2. The normalized spacial score (nSPS) is 11.1. The molecule has 0 bridgehead atoms. The molecule has 0 unspecified atom stereocenters. The molecule has 3 aromatic rings. The molecule has 0 fully saturated rings. The van der Waals surface area contributed by atoms with E-state index in [0.717, 1.165) is 22.2 Å². The molecule has 3 nitrogen and oxygen atoms in total. The third kappa shape index (κ3) is 5.30. The first-order valence-corrected chi connectivity index (χ1v) is 11.2. The predicted molar refractivity (Wildman–Crippen MR) is 103 cm³/mol. The van der Waals surface area contributed by atoms with Crippen LogP contribution in [0.5, 0.6) is 0 Å². The number of hydrogen-bond acceptors (Lipinski definition) is 5. The minimum absolute atomic E-state index is 0. The first kappa shape index (κ1) is 20.9. The Balaban J connectivity index is 0.00000169. The fourth-order valence-electron chi connectivity index (χ4n) is 2.40. The Morgan fingerprint density at radius 3 is 2.20 bits per heavy atom. The van der Waals surface area contributed by atoms with Crippen LogP contribution in [0.3, 0.4) is 0 Å². The van der Waals surface area contributed by atoms with E-state index >= 15 is 0 Å². The van der Waals surface area contributed by atoms with Crippen LogP contribution in [0.1, 0.15) is 12.6 Å². The molecular formula is C17H15NaO3S4. The average Bonchev–Trinajstić information content (AvgIpc) is 2.94. The molecule has 126 valence electrons. The summed E-state index contributed by atoms with van der Waals surface area (Å²) in [7, 11) is -0.834. The Morgan fingerprint density at radius 2 is 1.60 bits per heavy atom. The summed E-state index contributed by atoms with van der Waals surface area (Å²) >= 11 is 5.47. The van der Waals surface area contributed by atoms with Crippen molar-refractivity contribution in [3.8, 4) is 10.4 Å². The fourth-order valence-corrected chi connectivity index (χ4v) is 5.89. The predicted octanol–water partition coefficient (Wildman–Crippen LogP) is 2.35. The Morgan fingerprint density at radius 1 is 0.960 bits per heavy atom. The second-order valence-corrected chi connectivity index (χ2v) is 9.48. The molecule has 25 heavy (non-hydrogen) atoms. The van der Waals surface area contributed by atoms with Crippen LogP contribution >= 0.6 is 32.9 Å². The van der Waals surface area contributed by atoms with Gasteiger partial charge in [0.05, 0.1) is 9.77 Å². The van der Waals surface area contributed by atoms with Gasteiger partial charge in [0, 0.05) is 5.56 Å². The zero-order valence-electron chi connectivity index (χ0n) is 14.5. The smallest absolute Gasteiger partial charge is 1.00 e. The Labute approximate surface area is 183 Å². The van der Waals surface area contributed by atoms with Crippen molar-refractivity contribution in [3.63, 3.8) is 0 Å². The van der Waals surface area contributed by atoms with Crippen molar-refractivity contribution in [1.29, 1.82) is 0 Å². The van der Waals surface area contributed by atoms with E-state index in [1.54, 1.807) is 32.8 Å². The SMILES string of the molecule is O=S(=O)(O)c1ccc(CCc2c(-c3ccccc3)ssc2=S)cc1.[H-].[Na+].